The number of likely N-dealkylation sites (N-methyl/N-ethyl adjacent to an activating group) is 1. The second-order valence-electron chi connectivity index (χ2n) is 3.87. The molecule has 0 saturated carbocycles. The molecule has 0 radical (unpaired) electrons. The molecule has 20 heavy (non-hydrogen) atoms. The molecule has 0 bridgehead atoms. The van der Waals surface area contributed by atoms with Gasteiger partial charge in [-0.25, -0.2) is 13.1 Å². The van der Waals surface area contributed by atoms with Crippen molar-refractivity contribution >= 4 is 22.4 Å². The van der Waals surface area contributed by atoms with Gasteiger partial charge in [-0.3, -0.25) is 0 Å². The van der Waals surface area contributed by atoms with E-state index in [2.05, 4.69) is 14.8 Å². The molecule has 1 rings (SSSR count). The molecule has 5 nitrogen and oxygen atoms in total. The van der Waals surface area contributed by atoms with E-state index in [1.165, 1.54) is 24.3 Å². The van der Waals surface area contributed by atoms with E-state index in [0.717, 1.165) is 0 Å². The fourth-order valence-electron chi connectivity index (χ4n) is 1.28. The van der Waals surface area contributed by atoms with E-state index in [4.69, 9.17) is 0 Å². The molecule has 116 valence electrons. The molecule has 0 amide bonds. The van der Waals surface area contributed by atoms with E-state index in [-0.39, 0.29) is 35.6 Å². The molecular formula is C11H17ClF2N2O3S. The number of para-hydroxylation sites is 1. The molecule has 0 heterocycles. The van der Waals surface area contributed by atoms with Crippen LogP contribution in [0.2, 0.25) is 0 Å². The third-order valence-electron chi connectivity index (χ3n) is 2.43. The summed E-state index contributed by atoms with van der Waals surface area (Å²) in [6, 6.07) is 5.17. The first-order chi connectivity index (χ1) is 8.86. The van der Waals surface area contributed by atoms with Crippen LogP contribution in [-0.4, -0.2) is 34.7 Å². The highest BCUT2D eigenvalue weighted by Crippen LogP contribution is 2.24. The summed E-state index contributed by atoms with van der Waals surface area (Å²) < 4.78 is 54.9. The summed E-state index contributed by atoms with van der Waals surface area (Å²) in [7, 11) is -2.20. The number of halogens is 3. The predicted octanol–water partition coefficient (Wildman–Crippen LogP) is 1.60. The maximum absolute atomic E-state index is 12.2. The van der Waals surface area contributed by atoms with Crippen LogP contribution < -0.4 is 14.8 Å². The summed E-state index contributed by atoms with van der Waals surface area (Å²) in [5, 5.41) is 2.86. The lowest BCUT2D eigenvalue weighted by Crippen LogP contribution is -2.37. The van der Waals surface area contributed by atoms with Crippen LogP contribution in [0.4, 0.5) is 8.78 Å². The fourth-order valence-corrected chi connectivity index (χ4v) is 2.54. The Balaban J connectivity index is 0.00000361. The molecule has 0 spiro atoms. The first-order valence-corrected chi connectivity index (χ1v) is 7.06. The van der Waals surface area contributed by atoms with E-state index >= 15 is 0 Å². The number of sulfonamides is 1. The minimum Gasteiger partial charge on any atom is -0.433 e. The van der Waals surface area contributed by atoms with Crippen LogP contribution in [0.1, 0.15) is 6.92 Å². The zero-order valence-corrected chi connectivity index (χ0v) is 12.6. The highest BCUT2D eigenvalue weighted by Gasteiger charge is 2.21. The summed E-state index contributed by atoms with van der Waals surface area (Å²) in [5.74, 6) is -0.373. The van der Waals surface area contributed by atoms with Gasteiger partial charge in [0.15, 0.2) is 0 Å². The lowest BCUT2D eigenvalue weighted by Gasteiger charge is -2.14. The van der Waals surface area contributed by atoms with Crippen LogP contribution in [0.25, 0.3) is 0 Å². The van der Waals surface area contributed by atoms with Crippen molar-refractivity contribution in [3.8, 4) is 5.75 Å². The average molecular weight is 331 g/mol. The second-order valence-corrected chi connectivity index (χ2v) is 5.60. The Hall–Kier alpha value is -0.960. The van der Waals surface area contributed by atoms with Crippen LogP contribution >= 0.6 is 12.4 Å². The lowest BCUT2D eigenvalue weighted by molar-refractivity contribution is -0.0517. The molecule has 0 aliphatic heterocycles. The van der Waals surface area contributed by atoms with E-state index in [1.54, 1.807) is 14.0 Å². The zero-order chi connectivity index (χ0) is 14.5. The maximum Gasteiger partial charge on any atom is 0.387 e. The number of alkyl halides is 2. The smallest absolute Gasteiger partial charge is 0.387 e. The third kappa shape index (κ3) is 5.58. The van der Waals surface area contributed by atoms with Crippen molar-refractivity contribution in [3.63, 3.8) is 0 Å². The van der Waals surface area contributed by atoms with Gasteiger partial charge in [-0.15, -0.1) is 12.4 Å². The zero-order valence-electron chi connectivity index (χ0n) is 11.0. The molecule has 1 aromatic carbocycles. The summed E-state index contributed by atoms with van der Waals surface area (Å²) in [6.07, 6.45) is 0. The molecule has 2 N–H and O–H groups in total. The summed E-state index contributed by atoms with van der Waals surface area (Å²) in [4.78, 5) is -0.307. The largest absolute Gasteiger partial charge is 0.433 e. The number of hydrogen-bond acceptors (Lipinski definition) is 4. The molecule has 0 aliphatic carbocycles. The molecular weight excluding hydrogens is 314 g/mol. The monoisotopic (exact) mass is 330 g/mol. The number of nitrogens with one attached hydrogen (secondary N) is 2. The van der Waals surface area contributed by atoms with Gasteiger partial charge in [0, 0.05) is 12.6 Å². The molecule has 0 aromatic heterocycles. The van der Waals surface area contributed by atoms with Gasteiger partial charge in [-0.2, -0.15) is 8.78 Å². The SMILES string of the molecule is CNC(C)CNS(=O)(=O)c1ccccc1OC(F)F.Cl. The van der Waals surface area contributed by atoms with Crippen LogP contribution in [0.3, 0.4) is 0 Å². The van der Waals surface area contributed by atoms with Crippen molar-refractivity contribution in [2.24, 2.45) is 0 Å². The topological polar surface area (TPSA) is 67.4 Å². The molecule has 0 saturated heterocycles. The Morgan fingerprint density at radius 3 is 2.45 bits per heavy atom. The van der Waals surface area contributed by atoms with E-state index < -0.39 is 16.6 Å². The summed E-state index contributed by atoms with van der Waals surface area (Å²) >= 11 is 0. The van der Waals surface area contributed by atoms with Crippen LogP contribution in [-0.2, 0) is 10.0 Å². The number of hydrogen-bond donors (Lipinski definition) is 2. The third-order valence-corrected chi connectivity index (χ3v) is 3.89. The minimum absolute atomic E-state index is 0. The summed E-state index contributed by atoms with van der Waals surface area (Å²) in [6.45, 7) is -1.15. The number of benzene rings is 1. The van der Waals surface area contributed by atoms with Crippen LogP contribution in [0.15, 0.2) is 29.2 Å². The Kier molecular flexibility index (Phi) is 7.95. The Morgan fingerprint density at radius 1 is 1.30 bits per heavy atom. The first kappa shape index (κ1) is 19.0. The van der Waals surface area contributed by atoms with Crippen molar-refractivity contribution in [1.29, 1.82) is 0 Å². The molecule has 1 unspecified atom stereocenters. The normalized spacial score (nSPS) is 12.8. The Bertz CT molecular complexity index is 514. The van der Waals surface area contributed by atoms with E-state index in [0.29, 0.717) is 0 Å². The molecule has 1 aromatic rings. The molecule has 0 fully saturated rings. The quantitative estimate of drug-likeness (QED) is 0.797. The van der Waals surface area contributed by atoms with Crippen molar-refractivity contribution in [2.45, 2.75) is 24.5 Å². The minimum atomic E-state index is -3.89. The van der Waals surface area contributed by atoms with Crippen molar-refractivity contribution in [2.75, 3.05) is 13.6 Å². The molecule has 9 heteroatoms. The van der Waals surface area contributed by atoms with Crippen LogP contribution in [0.5, 0.6) is 5.75 Å². The van der Waals surface area contributed by atoms with Gasteiger partial charge in [0.1, 0.15) is 10.6 Å². The summed E-state index contributed by atoms with van der Waals surface area (Å²) in [5.41, 5.74) is 0. The lowest BCUT2D eigenvalue weighted by atomic mass is 10.3. The molecule has 1 atom stereocenters. The van der Waals surface area contributed by atoms with Gasteiger partial charge in [0.2, 0.25) is 10.0 Å². The Morgan fingerprint density at radius 2 is 1.90 bits per heavy atom. The Labute approximate surface area is 123 Å². The van der Waals surface area contributed by atoms with E-state index in [1.807, 2.05) is 0 Å². The highest BCUT2D eigenvalue weighted by atomic mass is 35.5. The van der Waals surface area contributed by atoms with Gasteiger partial charge in [-0.05, 0) is 26.1 Å². The predicted molar refractivity (Wildman–Crippen MR) is 74.0 cm³/mol. The van der Waals surface area contributed by atoms with Gasteiger partial charge in [-0.1, -0.05) is 12.1 Å². The van der Waals surface area contributed by atoms with Gasteiger partial charge in [0.05, 0.1) is 0 Å². The van der Waals surface area contributed by atoms with Gasteiger partial charge in [0.25, 0.3) is 0 Å². The van der Waals surface area contributed by atoms with Crippen LogP contribution in [0, 0.1) is 0 Å². The first-order valence-electron chi connectivity index (χ1n) is 5.57. The highest BCUT2D eigenvalue weighted by molar-refractivity contribution is 7.89. The van der Waals surface area contributed by atoms with E-state index in [9.17, 15) is 17.2 Å². The number of rotatable bonds is 7. The number of ether oxygens (including phenoxy) is 1. The van der Waals surface area contributed by atoms with Crippen molar-refractivity contribution in [1.82, 2.24) is 10.0 Å². The fraction of sp³-hybridized carbons (Fsp3) is 0.455. The molecule has 0 aliphatic rings. The van der Waals surface area contributed by atoms with Gasteiger partial charge < -0.3 is 10.1 Å². The maximum atomic E-state index is 12.2. The second kappa shape index (κ2) is 8.35. The average Bonchev–Trinajstić information content (AvgIpc) is 2.35. The van der Waals surface area contributed by atoms with Crippen molar-refractivity contribution < 1.29 is 21.9 Å². The van der Waals surface area contributed by atoms with Crippen molar-refractivity contribution in [3.05, 3.63) is 24.3 Å². The van der Waals surface area contributed by atoms with Gasteiger partial charge >= 0.3 is 6.61 Å². The standard InChI is InChI=1S/C11H16F2N2O3S.ClH/c1-8(14-2)7-15-19(16,17)10-6-4-3-5-9(10)18-11(12)13;/h3-6,8,11,14-15H,7H2,1-2H3;1H.